The fourth-order valence-electron chi connectivity index (χ4n) is 9.58. The Morgan fingerprint density at radius 1 is 0.386 bits per heavy atom. The molecule has 0 spiro atoms. The number of nitrogens with zero attached hydrogens (tertiary/aromatic N) is 1. The van der Waals surface area contributed by atoms with Gasteiger partial charge >= 0.3 is 19.8 Å². The fraction of sp³-hybridized carbons (Fsp3) is 0.753. The van der Waals surface area contributed by atoms with Crippen LogP contribution in [-0.4, -0.2) is 74.9 Å². The topological polar surface area (TPSA) is 108 Å². The van der Waals surface area contributed by atoms with Crippen LogP contribution in [0.2, 0.25) is 0 Å². The number of phosphoric ester groups is 1. The van der Waals surface area contributed by atoms with Crippen LogP contribution in [0.15, 0.2) is 97.2 Å². The first-order valence-electron chi connectivity index (χ1n) is 34.5. The van der Waals surface area contributed by atoms with E-state index in [4.69, 9.17) is 18.5 Å². The van der Waals surface area contributed by atoms with Gasteiger partial charge < -0.3 is 18.9 Å². The van der Waals surface area contributed by atoms with Gasteiger partial charge in [-0.3, -0.25) is 18.6 Å². The molecular weight excluding hydrogens is 1050 g/mol. The first-order valence-corrected chi connectivity index (χ1v) is 36.0. The third-order valence-electron chi connectivity index (χ3n) is 14.8. The molecule has 2 atom stereocenters. The molecule has 0 radical (unpaired) electrons. The van der Waals surface area contributed by atoms with Crippen molar-refractivity contribution in [2.24, 2.45) is 0 Å². The highest BCUT2D eigenvalue weighted by Gasteiger charge is 2.27. The average Bonchev–Trinajstić information content (AvgIpc) is 3.48. The zero-order chi connectivity index (χ0) is 60.5. The van der Waals surface area contributed by atoms with Crippen LogP contribution in [0.5, 0.6) is 0 Å². The normalized spacial score (nSPS) is 13.8. The Bertz CT molecular complexity index is 1720. The van der Waals surface area contributed by atoms with Crippen molar-refractivity contribution in [3.8, 4) is 0 Å². The van der Waals surface area contributed by atoms with Gasteiger partial charge in [0.2, 0.25) is 0 Å². The number of carbonyl (C=O) groups excluding carboxylic acids is 2. The molecule has 9 nitrogen and oxygen atoms in total. The lowest BCUT2D eigenvalue weighted by Crippen LogP contribution is -2.37. The largest absolute Gasteiger partial charge is 0.472 e. The second kappa shape index (κ2) is 63.4. The van der Waals surface area contributed by atoms with Gasteiger partial charge in [-0.05, 0) is 96.3 Å². The zero-order valence-electron chi connectivity index (χ0n) is 54.7. The second-order valence-electron chi connectivity index (χ2n) is 24.2. The number of carbonyl (C=O) groups is 2. The van der Waals surface area contributed by atoms with Crippen molar-refractivity contribution in [3.05, 3.63) is 97.2 Å². The first-order chi connectivity index (χ1) is 40.5. The van der Waals surface area contributed by atoms with E-state index in [0.717, 1.165) is 77.0 Å². The lowest BCUT2D eigenvalue weighted by Gasteiger charge is -2.24. The molecule has 0 heterocycles. The molecule has 83 heavy (non-hydrogen) atoms. The van der Waals surface area contributed by atoms with Gasteiger partial charge in [-0.15, -0.1) is 0 Å². The van der Waals surface area contributed by atoms with E-state index in [1.165, 1.54) is 193 Å². The zero-order valence-corrected chi connectivity index (χ0v) is 55.6. The van der Waals surface area contributed by atoms with E-state index >= 15 is 0 Å². The predicted molar refractivity (Wildman–Crippen MR) is 358 cm³/mol. The third-order valence-corrected chi connectivity index (χ3v) is 15.8. The SMILES string of the molecule is CC/C=C\C/C=C\C/C=C\C/C=C\C/C=C\C/C=C\C/C=C\CCCCCCCCCCCCCCCCCCCCCC(=O)OC(COC(=O)CCCCCCCCC/C=C\CCCCCCCCC)COP(=O)(O)OCC[N+](C)(C)C. The minimum absolute atomic E-state index is 0.0302. The Labute approximate surface area is 513 Å². The molecule has 0 aliphatic carbocycles. The summed E-state index contributed by atoms with van der Waals surface area (Å²) < 4.78 is 34.7. The van der Waals surface area contributed by atoms with Gasteiger partial charge in [0, 0.05) is 12.8 Å². The van der Waals surface area contributed by atoms with Crippen LogP contribution in [0.4, 0.5) is 0 Å². The highest BCUT2D eigenvalue weighted by molar-refractivity contribution is 7.47. The van der Waals surface area contributed by atoms with E-state index in [-0.39, 0.29) is 32.0 Å². The highest BCUT2D eigenvalue weighted by Crippen LogP contribution is 2.43. The van der Waals surface area contributed by atoms with Gasteiger partial charge in [0.15, 0.2) is 6.10 Å². The number of unbranched alkanes of at least 4 members (excludes halogenated alkanes) is 33. The summed E-state index contributed by atoms with van der Waals surface area (Å²) in [5.41, 5.74) is 0. The number of ether oxygens (including phenoxy) is 2. The summed E-state index contributed by atoms with van der Waals surface area (Å²) in [4.78, 5) is 35.8. The predicted octanol–water partition coefficient (Wildman–Crippen LogP) is 22.3. The molecule has 0 aromatic carbocycles. The number of allylic oxidation sites excluding steroid dienone is 16. The third kappa shape index (κ3) is 67.9. The van der Waals surface area contributed by atoms with Crippen LogP contribution in [0.1, 0.15) is 303 Å². The number of rotatable bonds is 63. The second-order valence-corrected chi connectivity index (χ2v) is 25.6. The molecule has 0 fully saturated rings. The molecule has 2 unspecified atom stereocenters. The maximum atomic E-state index is 12.9. The van der Waals surface area contributed by atoms with Crippen LogP contribution in [-0.2, 0) is 32.7 Å². The van der Waals surface area contributed by atoms with Crippen LogP contribution >= 0.6 is 7.82 Å². The van der Waals surface area contributed by atoms with Crippen LogP contribution in [0.3, 0.4) is 0 Å². The van der Waals surface area contributed by atoms with Crippen molar-refractivity contribution >= 4 is 19.8 Å². The van der Waals surface area contributed by atoms with Gasteiger partial charge in [0.05, 0.1) is 27.7 Å². The molecule has 0 aliphatic rings. The van der Waals surface area contributed by atoms with Gasteiger partial charge in [0.25, 0.3) is 0 Å². The summed E-state index contributed by atoms with van der Waals surface area (Å²) in [6, 6.07) is 0. The lowest BCUT2D eigenvalue weighted by atomic mass is 10.0. The van der Waals surface area contributed by atoms with E-state index in [9.17, 15) is 19.0 Å². The molecule has 0 saturated heterocycles. The standard InChI is InChI=1S/C73H130NO8P/c1-6-8-10-12-14-16-18-20-22-24-26-27-28-29-30-31-32-33-34-35-36-37-38-39-40-41-42-43-44-45-46-47-48-50-52-54-56-58-60-62-64-66-73(76)82-71(70-81-83(77,78)80-68-67-74(3,4)5)69-79-72(75)65-63-61-59-57-55-53-51-49-25-23-21-19-17-15-13-11-9-7-2/h8,10,14,16,20,22-23,25-27,29-30,32-33,35-36,71H,6-7,9,11-13,15,17-19,21,24,28,31,34,37-70H2,1-5H3/p+1/b10-8-,16-14-,22-20-,25-23-,27-26-,30-29-,33-32-,36-35-. The molecule has 0 bridgehead atoms. The number of likely N-dealkylation sites (N-methyl/N-ethyl adjacent to an activating group) is 1. The van der Waals surface area contributed by atoms with Gasteiger partial charge in [-0.25, -0.2) is 4.57 Å². The van der Waals surface area contributed by atoms with Crippen LogP contribution in [0.25, 0.3) is 0 Å². The first kappa shape index (κ1) is 79.9. The van der Waals surface area contributed by atoms with E-state index in [2.05, 4.69) is 111 Å². The molecule has 0 aromatic rings. The van der Waals surface area contributed by atoms with Crippen molar-refractivity contribution in [3.63, 3.8) is 0 Å². The molecule has 0 amide bonds. The van der Waals surface area contributed by atoms with Gasteiger partial charge in [0.1, 0.15) is 19.8 Å². The summed E-state index contributed by atoms with van der Waals surface area (Å²) in [7, 11) is 1.48. The number of quaternary nitrogens is 1. The quantitative estimate of drug-likeness (QED) is 0.0211. The molecule has 0 aromatic heterocycles. The molecule has 480 valence electrons. The Kier molecular flexibility index (Phi) is 61.1. The van der Waals surface area contributed by atoms with Crippen molar-refractivity contribution in [2.75, 3.05) is 47.5 Å². The van der Waals surface area contributed by atoms with E-state index in [0.29, 0.717) is 17.4 Å². The van der Waals surface area contributed by atoms with Crippen molar-refractivity contribution < 1.29 is 42.1 Å². The van der Waals surface area contributed by atoms with Crippen molar-refractivity contribution in [1.82, 2.24) is 0 Å². The smallest absolute Gasteiger partial charge is 0.462 e. The van der Waals surface area contributed by atoms with E-state index in [1.54, 1.807) is 0 Å². The summed E-state index contributed by atoms with van der Waals surface area (Å²) in [6.07, 6.45) is 88.0. The summed E-state index contributed by atoms with van der Waals surface area (Å²) in [5, 5.41) is 0. The van der Waals surface area contributed by atoms with Crippen molar-refractivity contribution in [1.29, 1.82) is 0 Å². The number of hydrogen-bond acceptors (Lipinski definition) is 7. The maximum Gasteiger partial charge on any atom is 0.472 e. The molecule has 1 N–H and O–H groups in total. The Morgan fingerprint density at radius 2 is 0.687 bits per heavy atom. The maximum absolute atomic E-state index is 12.9. The Hall–Kier alpha value is -3.07. The highest BCUT2D eigenvalue weighted by atomic mass is 31.2. The number of phosphoric acid groups is 1. The minimum Gasteiger partial charge on any atom is -0.462 e. The molecule has 10 heteroatoms. The van der Waals surface area contributed by atoms with Crippen LogP contribution < -0.4 is 0 Å². The van der Waals surface area contributed by atoms with Gasteiger partial charge in [-0.2, -0.15) is 0 Å². The van der Waals surface area contributed by atoms with Gasteiger partial charge in [-0.1, -0.05) is 291 Å². The Balaban J connectivity index is 3.96. The lowest BCUT2D eigenvalue weighted by molar-refractivity contribution is -0.870. The molecule has 0 rings (SSSR count). The number of hydrogen-bond donors (Lipinski definition) is 1. The molecule has 0 saturated carbocycles. The summed E-state index contributed by atoms with van der Waals surface area (Å²) in [6.45, 7) is 4.34. The Morgan fingerprint density at radius 3 is 1.04 bits per heavy atom. The number of esters is 2. The fourth-order valence-corrected chi connectivity index (χ4v) is 10.3. The van der Waals surface area contributed by atoms with E-state index < -0.39 is 26.5 Å². The van der Waals surface area contributed by atoms with Crippen molar-refractivity contribution in [2.45, 2.75) is 309 Å². The summed E-state index contributed by atoms with van der Waals surface area (Å²) >= 11 is 0. The monoisotopic (exact) mass is 1180 g/mol. The van der Waals surface area contributed by atoms with E-state index in [1.807, 2.05) is 21.1 Å². The molecule has 0 aliphatic heterocycles. The average molecular weight is 1180 g/mol. The van der Waals surface area contributed by atoms with Crippen LogP contribution in [0, 0.1) is 0 Å². The molecular formula is C73H131NO8P+. The summed E-state index contributed by atoms with van der Waals surface area (Å²) in [5.74, 6) is -0.793. The minimum atomic E-state index is -4.39.